The summed E-state index contributed by atoms with van der Waals surface area (Å²) in [5.41, 5.74) is 0.495. The molecule has 192 valence electrons. The Morgan fingerprint density at radius 2 is 1.76 bits per heavy atom. The third-order valence-corrected chi connectivity index (χ3v) is 5.72. The first-order valence-electron chi connectivity index (χ1n) is 11.4. The Bertz CT molecular complexity index is 784. The van der Waals surface area contributed by atoms with E-state index in [9.17, 15) is 34.5 Å². The van der Waals surface area contributed by atoms with Crippen LogP contribution in [0.4, 0.5) is 0 Å². The molecule has 34 heavy (non-hydrogen) atoms. The maximum absolute atomic E-state index is 11.9. The van der Waals surface area contributed by atoms with Crippen molar-refractivity contribution in [3.05, 3.63) is 11.1 Å². The molecule has 5 unspecified atom stereocenters. The van der Waals surface area contributed by atoms with Crippen LogP contribution in [0.5, 0.6) is 0 Å². The third kappa shape index (κ3) is 7.84. The molecule has 0 aromatic heterocycles. The van der Waals surface area contributed by atoms with Gasteiger partial charge in [-0.3, -0.25) is 9.59 Å². The standard InChI is InChI=1S/C22H34N2O10/c1-12-14(21(31)34-20(12)30)7-8-16(27)23-9-5-3-4-6-10-32-22-17(24-13(2)26)19(29)18(28)15(11-25)33-22/h15,17-19,22,25,28-29H,3-11H2,1-2H3,(H,23,27)(H,24,26). The summed E-state index contributed by atoms with van der Waals surface area (Å²) in [4.78, 5) is 46.1. The predicted molar refractivity (Wildman–Crippen MR) is 116 cm³/mol. The van der Waals surface area contributed by atoms with Gasteiger partial charge in [0.2, 0.25) is 11.8 Å². The summed E-state index contributed by atoms with van der Waals surface area (Å²) in [7, 11) is 0. The lowest BCUT2D eigenvalue weighted by atomic mass is 9.97. The molecule has 2 aliphatic rings. The number of rotatable bonds is 13. The molecule has 0 spiro atoms. The van der Waals surface area contributed by atoms with Crippen LogP contribution in [-0.2, 0) is 33.4 Å². The van der Waals surface area contributed by atoms with Gasteiger partial charge in [0.05, 0.1) is 6.61 Å². The van der Waals surface area contributed by atoms with Crippen molar-refractivity contribution in [3.63, 3.8) is 0 Å². The third-order valence-electron chi connectivity index (χ3n) is 5.72. The number of nitrogens with one attached hydrogen (secondary N) is 2. The van der Waals surface area contributed by atoms with Crippen molar-refractivity contribution < 1.29 is 48.7 Å². The molecule has 2 rings (SSSR count). The van der Waals surface area contributed by atoms with Crippen molar-refractivity contribution in [2.24, 2.45) is 0 Å². The van der Waals surface area contributed by atoms with Gasteiger partial charge in [-0.2, -0.15) is 0 Å². The fourth-order valence-corrected chi connectivity index (χ4v) is 3.74. The Morgan fingerprint density at radius 1 is 1.06 bits per heavy atom. The Morgan fingerprint density at radius 3 is 2.38 bits per heavy atom. The average molecular weight is 487 g/mol. The van der Waals surface area contributed by atoms with Gasteiger partial charge in [-0.15, -0.1) is 0 Å². The minimum Gasteiger partial charge on any atom is -0.394 e. The summed E-state index contributed by atoms with van der Waals surface area (Å²) >= 11 is 0. The van der Waals surface area contributed by atoms with E-state index in [0.717, 1.165) is 19.3 Å². The van der Waals surface area contributed by atoms with Crippen molar-refractivity contribution >= 4 is 23.8 Å². The predicted octanol–water partition coefficient (Wildman–Crippen LogP) is -1.20. The molecule has 0 radical (unpaired) electrons. The number of esters is 2. The first-order valence-corrected chi connectivity index (χ1v) is 11.4. The number of ether oxygens (including phenoxy) is 3. The van der Waals surface area contributed by atoms with Crippen molar-refractivity contribution in [1.29, 1.82) is 0 Å². The molecule has 2 amide bonds. The van der Waals surface area contributed by atoms with E-state index in [4.69, 9.17) is 9.47 Å². The van der Waals surface area contributed by atoms with Crippen molar-refractivity contribution in [2.75, 3.05) is 19.8 Å². The number of hydrogen-bond acceptors (Lipinski definition) is 10. The number of carbonyl (C=O) groups excluding carboxylic acids is 4. The fraction of sp³-hybridized carbons (Fsp3) is 0.727. The maximum Gasteiger partial charge on any atom is 0.342 e. The van der Waals surface area contributed by atoms with Gasteiger partial charge in [-0.1, -0.05) is 12.8 Å². The van der Waals surface area contributed by atoms with Crippen LogP contribution in [-0.4, -0.2) is 89.5 Å². The van der Waals surface area contributed by atoms with Gasteiger partial charge in [0.25, 0.3) is 0 Å². The molecular formula is C22H34N2O10. The van der Waals surface area contributed by atoms with Gasteiger partial charge >= 0.3 is 11.9 Å². The van der Waals surface area contributed by atoms with Gasteiger partial charge in [0, 0.05) is 37.6 Å². The summed E-state index contributed by atoms with van der Waals surface area (Å²) in [6.45, 7) is 3.02. The second-order valence-corrected chi connectivity index (χ2v) is 8.35. The Balaban J connectivity index is 1.60. The normalized spacial score (nSPS) is 27.0. The molecule has 12 nitrogen and oxygen atoms in total. The Kier molecular flexibility index (Phi) is 11.1. The van der Waals surface area contributed by atoms with Crippen LogP contribution in [0.2, 0.25) is 0 Å². The van der Waals surface area contributed by atoms with Crippen LogP contribution < -0.4 is 10.6 Å². The largest absolute Gasteiger partial charge is 0.394 e. The quantitative estimate of drug-likeness (QED) is 0.121. The highest BCUT2D eigenvalue weighted by molar-refractivity contribution is 6.12. The summed E-state index contributed by atoms with van der Waals surface area (Å²) in [5, 5.41) is 34.8. The minimum atomic E-state index is -1.35. The number of aliphatic hydroxyl groups excluding tert-OH is 3. The average Bonchev–Trinajstić information content (AvgIpc) is 3.03. The molecule has 12 heteroatoms. The van der Waals surface area contributed by atoms with Crippen LogP contribution in [0.15, 0.2) is 11.1 Å². The first-order chi connectivity index (χ1) is 16.1. The van der Waals surface area contributed by atoms with E-state index in [0.29, 0.717) is 13.0 Å². The Hall–Kier alpha value is -2.38. The lowest BCUT2D eigenvalue weighted by Gasteiger charge is -2.42. The highest BCUT2D eigenvalue weighted by Crippen LogP contribution is 2.23. The number of aliphatic hydroxyl groups is 3. The lowest BCUT2D eigenvalue weighted by molar-refractivity contribution is -0.270. The number of unbranched alkanes of at least 4 members (excludes halogenated alkanes) is 3. The minimum absolute atomic E-state index is 0.0924. The summed E-state index contributed by atoms with van der Waals surface area (Å²) in [6.07, 6.45) is -1.47. The number of hydrogen-bond donors (Lipinski definition) is 5. The van der Waals surface area contributed by atoms with Crippen LogP contribution in [0.25, 0.3) is 0 Å². The smallest absolute Gasteiger partial charge is 0.342 e. The van der Waals surface area contributed by atoms with E-state index in [2.05, 4.69) is 15.4 Å². The molecule has 1 saturated heterocycles. The molecule has 0 saturated carbocycles. The maximum atomic E-state index is 11.9. The number of cyclic esters (lactones) is 2. The van der Waals surface area contributed by atoms with E-state index in [1.54, 1.807) is 0 Å². The van der Waals surface area contributed by atoms with E-state index >= 15 is 0 Å². The number of amides is 2. The molecule has 0 aliphatic carbocycles. The first kappa shape index (κ1) is 27.9. The van der Waals surface area contributed by atoms with Crippen LogP contribution >= 0.6 is 0 Å². The summed E-state index contributed by atoms with van der Waals surface area (Å²) in [6, 6.07) is -0.964. The van der Waals surface area contributed by atoms with E-state index in [1.165, 1.54) is 13.8 Å². The van der Waals surface area contributed by atoms with E-state index < -0.39 is 55.1 Å². The van der Waals surface area contributed by atoms with Crippen LogP contribution in [0.3, 0.4) is 0 Å². The van der Waals surface area contributed by atoms with Crippen LogP contribution in [0.1, 0.15) is 52.4 Å². The van der Waals surface area contributed by atoms with Crippen molar-refractivity contribution in [1.82, 2.24) is 10.6 Å². The summed E-state index contributed by atoms with van der Waals surface area (Å²) in [5.74, 6) is -1.97. The van der Waals surface area contributed by atoms with E-state index in [-0.39, 0.29) is 36.5 Å². The van der Waals surface area contributed by atoms with Gasteiger partial charge in [-0.05, 0) is 26.2 Å². The Labute approximate surface area is 197 Å². The van der Waals surface area contributed by atoms with Crippen molar-refractivity contribution in [2.45, 2.75) is 83.0 Å². The molecule has 0 aromatic carbocycles. The number of carbonyl (C=O) groups is 4. The highest BCUT2D eigenvalue weighted by Gasteiger charge is 2.45. The van der Waals surface area contributed by atoms with Gasteiger partial charge < -0.3 is 40.2 Å². The van der Waals surface area contributed by atoms with Gasteiger partial charge in [0.1, 0.15) is 24.4 Å². The molecule has 5 atom stereocenters. The van der Waals surface area contributed by atoms with Gasteiger partial charge in [0.15, 0.2) is 6.29 Å². The molecule has 5 N–H and O–H groups in total. The zero-order chi connectivity index (χ0) is 25.3. The summed E-state index contributed by atoms with van der Waals surface area (Å²) < 4.78 is 15.6. The van der Waals surface area contributed by atoms with Crippen LogP contribution in [0, 0.1) is 0 Å². The van der Waals surface area contributed by atoms with Crippen molar-refractivity contribution in [3.8, 4) is 0 Å². The van der Waals surface area contributed by atoms with E-state index in [1.807, 2.05) is 0 Å². The topological polar surface area (TPSA) is 181 Å². The molecule has 2 aliphatic heterocycles. The zero-order valence-corrected chi connectivity index (χ0v) is 19.5. The lowest BCUT2D eigenvalue weighted by Crippen LogP contribution is -2.64. The molecule has 1 fully saturated rings. The molecule has 0 bridgehead atoms. The SMILES string of the molecule is CC(=O)NC1C(OCCCCCCNC(=O)CCC2=C(C)C(=O)OC2=O)OC(CO)C(O)C1O. The monoisotopic (exact) mass is 486 g/mol. The fourth-order valence-electron chi connectivity index (χ4n) is 3.74. The zero-order valence-electron chi connectivity index (χ0n) is 19.5. The molecular weight excluding hydrogens is 452 g/mol. The van der Waals surface area contributed by atoms with Gasteiger partial charge in [-0.25, -0.2) is 9.59 Å². The highest BCUT2D eigenvalue weighted by atomic mass is 16.7. The molecule has 0 aromatic rings. The molecule has 2 heterocycles. The second kappa shape index (κ2) is 13.5. The second-order valence-electron chi connectivity index (χ2n) is 8.35.